The van der Waals surface area contributed by atoms with Gasteiger partial charge < -0.3 is 10.2 Å². The molecular formula is C11H17IN2. The zero-order valence-electron chi connectivity index (χ0n) is 8.76. The van der Waals surface area contributed by atoms with E-state index in [2.05, 4.69) is 71.2 Å². The summed E-state index contributed by atoms with van der Waals surface area (Å²) in [4.78, 5) is 2.20. The second kappa shape index (κ2) is 6.24. The molecule has 0 aliphatic carbocycles. The van der Waals surface area contributed by atoms with Crippen molar-refractivity contribution in [3.8, 4) is 0 Å². The highest BCUT2D eigenvalue weighted by Gasteiger charge is 1.93. The van der Waals surface area contributed by atoms with E-state index in [1.54, 1.807) is 0 Å². The second-order valence-electron chi connectivity index (χ2n) is 3.59. The fourth-order valence-corrected chi connectivity index (χ4v) is 1.77. The van der Waals surface area contributed by atoms with Crippen molar-refractivity contribution >= 4 is 28.3 Å². The standard InChI is InChI=1S/C11H17IN2/c1-14(2)8-4-7-13-11-6-3-5-10(12)9-11/h3,5-6,9,13H,4,7-8H2,1-2H3. The lowest BCUT2D eigenvalue weighted by Crippen LogP contribution is -2.16. The predicted octanol–water partition coefficient (Wildman–Crippen LogP) is 2.65. The molecule has 1 N–H and O–H groups in total. The molecule has 0 spiro atoms. The van der Waals surface area contributed by atoms with Crippen molar-refractivity contribution in [1.29, 1.82) is 0 Å². The predicted molar refractivity (Wildman–Crippen MR) is 70.8 cm³/mol. The quantitative estimate of drug-likeness (QED) is 0.664. The van der Waals surface area contributed by atoms with Crippen LogP contribution in [-0.4, -0.2) is 32.1 Å². The third-order valence-electron chi connectivity index (χ3n) is 1.94. The molecule has 1 aromatic carbocycles. The molecule has 0 aliphatic rings. The molecule has 0 aromatic heterocycles. The van der Waals surface area contributed by atoms with Gasteiger partial charge in [0.25, 0.3) is 0 Å². The number of anilines is 1. The summed E-state index contributed by atoms with van der Waals surface area (Å²) in [7, 11) is 4.21. The maximum atomic E-state index is 3.41. The fraction of sp³-hybridized carbons (Fsp3) is 0.455. The number of rotatable bonds is 5. The van der Waals surface area contributed by atoms with Gasteiger partial charge in [-0.05, 0) is 67.9 Å². The van der Waals surface area contributed by atoms with Gasteiger partial charge in [-0.15, -0.1) is 0 Å². The van der Waals surface area contributed by atoms with E-state index in [4.69, 9.17) is 0 Å². The molecule has 0 fully saturated rings. The monoisotopic (exact) mass is 304 g/mol. The Bertz CT molecular complexity index is 274. The van der Waals surface area contributed by atoms with Crippen molar-refractivity contribution in [2.45, 2.75) is 6.42 Å². The summed E-state index contributed by atoms with van der Waals surface area (Å²) in [5.74, 6) is 0. The lowest BCUT2D eigenvalue weighted by atomic mass is 10.3. The summed E-state index contributed by atoms with van der Waals surface area (Å²) in [5.41, 5.74) is 1.22. The van der Waals surface area contributed by atoms with Gasteiger partial charge in [-0.2, -0.15) is 0 Å². The number of halogens is 1. The van der Waals surface area contributed by atoms with E-state index in [0.29, 0.717) is 0 Å². The van der Waals surface area contributed by atoms with Gasteiger partial charge in [-0.1, -0.05) is 6.07 Å². The van der Waals surface area contributed by atoms with Crippen LogP contribution in [0.2, 0.25) is 0 Å². The summed E-state index contributed by atoms with van der Waals surface area (Å²) in [5, 5.41) is 3.41. The number of hydrogen-bond donors (Lipinski definition) is 1. The molecule has 0 amide bonds. The van der Waals surface area contributed by atoms with Crippen LogP contribution in [0.3, 0.4) is 0 Å². The minimum atomic E-state index is 1.04. The van der Waals surface area contributed by atoms with E-state index in [9.17, 15) is 0 Å². The number of nitrogens with one attached hydrogen (secondary N) is 1. The zero-order chi connectivity index (χ0) is 10.4. The van der Waals surface area contributed by atoms with Gasteiger partial charge in [-0.3, -0.25) is 0 Å². The molecule has 0 radical (unpaired) electrons. The zero-order valence-corrected chi connectivity index (χ0v) is 10.9. The van der Waals surface area contributed by atoms with Crippen LogP contribution in [0.15, 0.2) is 24.3 Å². The molecule has 78 valence electrons. The van der Waals surface area contributed by atoms with Gasteiger partial charge in [0.05, 0.1) is 0 Å². The molecule has 0 saturated carbocycles. The van der Waals surface area contributed by atoms with Gasteiger partial charge in [0.15, 0.2) is 0 Å². The highest BCUT2D eigenvalue weighted by Crippen LogP contribution is 2.11. The Morgan fingerprint density at radius 1 is 1.36 bits per heavy atom. The van der Waals surface area contributed by atoms with Crippen LogP contribution in [0.1, 0.15) is 6.42 Å². The molecule has 0 atom stereocenters. The lowest BCUT2D eigenvalue weighted by molar-refractivity contribution is 0.405. The average Bonchev–Trinajstić information content (AvgIpc) is 2.12. The van der Waals surface area contributed by atoms with Gasteiger partial charge >= 0.3 is 0 Å². The van der Waals surface area contributed by atoms with Crippen molar-refractivity contribution in [1.82, 2.24) is 4.90 Å². The van der Waals surface area contributed by atoms with Crippen molar-refractivity contribution in [2.75, 3.05) is 32.5 Å². The average molecular weight is 304 g/mol. The summed E-state index contributed by atoms with van der Waals surface area (Å²) >= 11 is 2.33. The first kappa shape index (κ1) is 11.8. The topological polar surface area (TPSA) is 15.3 Å². The molecule has 14 heavy (non-hydrogen) atoms. The van der Waals surface area contributed by atoms with Crippen molar-refractivity contribution in [2.24, 2.45) is 0 Å². The van der Waals surface area contributed by atoms with E-state index in [-0.39, 0.29) is 0 Å². The Labute approximate surface area is 99.8 Å². The molecule has 0 aliphatic heterocycles. The number of benzene rings is 1. The van der Waals surface area contributed by atoms with Crippen molar-refractivity contribution in [3.63, 3.8) is 0 Å². The Morgan fingerprint density at radius 2 is 2.14 bits per heavy atom. The summed E-state index contributed by atoms with van der Waals surface area (Å²) in [6.45, 7) is 2.18. The lowest BCUT2D eigenvalue weighted by Gasteiger charge is -2.10. The molecule has 0 unspecified atom stereocenters. The minimum absolute atomic E-state index is 1.04. The fourth-order valence-electron chi connectivity index (χ4n) is 1.23. The number of nitrogens with zero attached hydrogens (tertiary/aromatic N) is 1. The van der Waals surface area contributed by atoms with Crippen molar-refractivity contribution < 1.29 is 0 Å². The maximum absolute atomic E-state index is 3.41. The summed E-state index contributed by atoms with van der Waals surface area (Å²) in [6.07, 6.45) is 1.18. The van der Waals surface area contributed by atoms with E-state index >= 15 is 0 Å². The molecule has 1 rings (SSSR count). The van der Waals surface area contributed by atoms with E-state index in [0.717, 1.165) is 13.1 Å². The van der Waals surface area contributed by atoms with Crippen LogP contribution in [-0.2, 0) is 0 Å². The SMILES string of the molecule is CN(C)CCCNc1cccc(I)c1. The van der Waals surface area contributed by atoms with Gasteiger partial charge in [0, 0.05) is 15.8 Å². The van der Waals surface area contributed by atoms with Crippen molar-refractivity contribution in [3.05, 3.63) is 27.8 Å². The van der Waals surface area contributed by atoms with E-state index in [1.807, 2.05) is 0 Å². The van der Waals surface area contributed by atoms with Gasteiger partial charge in [0.2, 0.25) is 0 Å². The molecular weight excluding hydrogens is 287 g/mol. The maximum Gasteiger partial charge on any atom is 0.0350 e. The van der Waals surface area contributed by atoms with Crippen LogP contribution in [0.25, 0.3) is 0 Å². The van der Waals surface area contributed by atoms with Crippen LogP contribution < -0.4 is 5.32 Å². The highest BCUT2D eigenvalue weighted by atomic mass is 127. The Kier molecular flexibility index (Phi) is 5.25. The molecule has 0 saturated heterocycles. The number of hydrogen-bond acceptors (Lipinski definition) is 2. The third-order valence-corrected chi connectivity index (χ3v) is 2.61. The first-order valence-corrected chi connectivity index (χ1v) is 5.90. The van der Waals surface area contributed by atoms with Gasteiger partial charge in [0.1, 0.15) is 0 Å². The second-order valence-corrected chi connectivity index (χ2v) is 4.84. The highest BCUT2D eigenvalue weighted by molar-refractivity contribution is 14.1. The third kappa shape index (κ3) is 4.81. The molecule has 1 aromatic rings. The Balaban J connectivity index is 2.25. The molecule has 0 heterocycles. The van der Waals surface area contributed by atoms with Crippen LogP contribution in [0.4, 0.5) is 5.69 Å². The Morgan fingerprint density at radius 3 is 2.79 bits per heavy atom. The summed E-state index contributed by atoms with van der Waals surface area (Å²) < 4.78 is 1.28. The smallest absolute Gasteiger partial charge is 0.0350 e. The largest absolute Gasteiger partial charge is 0.385 e. The van der Waals surface area contributed by atoms with Gasteiger partial charge in [-0.25, -0.2) is 0 Å². The van der Waals surface area contributed by atoms with Crippen LogP contribution in [0, 0.1) is 3.57 Å². The normalized spacial score (nSPS) is 10.6. The first-order valence-electron chi connectivity index (χ1n) is 4.82. The minimum Gasteiger partial charge on any atom is -0.385 e. The van der Waals surface area contributed by atoms with Crippen LogP contribution in [0.5, 0.6) is 0 Å². The van der Waals surface area contributed by atoms with E-state index in [1.165, 1.54) is 15.7 Å². The van der Waals surface area contributed by atoms with E-state index < -0.39 is 0 Å². The van der Waals surface area contributed by atoms with Crippen LogP contribution >= 0.6 is 22.6 Å². The first-order chi connectivity index (χ1) is 6.68. The molecule has 0 bridgehead atoms. The molecule has 3 heteroatoms. The summed E-state index contributed by atoms with van der Waals surface area (Å²) in [6, 6.07) is 8.45. The molecule has 2 nitrogen and oxygen atoms in total. The Hall–Kier alpha value is -0.290.